The summed E-state index contributed by atoms with van der Waals surface area (Å²) in [7, 11) is 0. The lowest BCUT2D eigenvalue weighted by atomic mass is 10.1. The van der Waals surface area contributed by atoms with Crippen molar-refractivity contribution in [2.45, 2.75) is 20.8 Å². The summed E-state index contributed by atoms with van der Waals surface area (Å²) in [4.78, 5) is 21.9. The molecule has 0 aliphatic heterocycles. The quantitative estimate of drug-likeness (QED) is 0.282. The number of hydrogen-bond acceptors (Lipinski definition) is 6. The molecular formula is C26H22N4OS2. The van der Waals surface area contributed by atoms with Crippen molar-refractivity contribution >= 4 is 55.3 Å². The van der Waals surface area contributed by atoms with Gasteiger partial charge in [0.2, 0.25) is 0 Å². The second-order valence-corrected chi connectivity index (χ2v) is 9.89. The number of hydrogen-bond donors (Lipinski definition) is 2. The van der Waals surface area contributed by atoms with Crippen LogP contribution in [0.4, 0.5) is 16.5 Å². The summed E-state index contributed by atoms with van der Waals surface area (Å²) in [5.74, 6) is -0.233. The Labute approximate surface area is 200 Å². The van der Waals surface area contributed by atoms with Gasteiger partial charge in [0.1, 0.15) is 10.7 Å². The maximum Gasteiger partial charge on any atom is 0.275 e. The number of aryl methyl sites for hydroxylation is 3. The number of anilines is 3. The topological polar surface area (TPSA) is 66.9 Å². The van der Waals surface area contributed by atoms with Crippen LogP contribution < -0.4 is 10.6 Å². The van der Waals surface area contributed by atoms with Crippen molar-refractivity contribution in [3.8, 4) is 10.6 Å². The Bertz CT molecular complexity index is 1470. The predicted octanol–water partition coefficient (Wildman–Crippen LogP) is 7.34. The first-order chi connectivity index (χ1) is 15.9. The first-order valence-electron chi connectivity index (χ1n) is 10.5. The highest BCUT2D eigenvalue weighted by Crippen LogP contribution is 2.31. The number of carbonyl (C=O) groups excluding carboxylic acids is 1. The van der Waals surface area contributed by atoms with Crippen LogP contribution in [0.1, 0.15) is 27.2 Å². The van der Waals surface area contributed by atoms with E-state index in [0.717, 1.165) is 33.0 Å². The number of carbonyl (C=O) groups is 1. The van der Waals surface area contributed by atoms with Gasteiger partial charge in [-0.2, -0.15) is 0 Å². The average molecular weight is 471 g/mol. The van der Waals surface area contributed by atoms with E-state index in [9.17, 15) is 4.79 Å². The molecule has 0 atom stereocenters. The number of rotatable bonds is 5. The highest BCUT2D eigenvalue weighted by Gasteiger charge is 2.13. The monoisotopic (exact) mass is 470 g/mol. The van der Waals surface area contributed by atoms with E-state index in [-0.39, 0.29) is 5.91 Å². The van der Waals surface area contributed by atoms with Crippen LogP contribution in [0, 0.1) is 20.8 Å². The summed E-state index contributed by atoms with van der Waals surface area (Å²) >= 11 is 3.08. The predicted molar refractivity (Wildman–Crippen MR) is 139 cm³/mol. The maximum atomic E-state index is 12.7. The van der Waals surface area contributed by atoms with Crippen LogP contribution in [0.25, 0.3) is 20.8 Å². The van der Waals surface area contributed by atoms with E-state index >= 15 is 0 Å². The number of aromatic nitrogens is 2. The third kappa shape index (κ3) is 4.65. The van der Waals surface area contributed by atoms with Gasteiger partial charge in [0, 0.05) is 22.3 Å². The minimum atomic E-state index is -0.233. The Balaban J connectivity index is 1.27. The molecule has 0 aliphatic rings. The van der Waals surface area contributed by atoms with Crippen molar-refractivity contribution in [3.05, 3.63) is 88.4 Å². The van der Waals surface area contributed by atoms with Crippen molar-refractivity contribution in [2.24, 2.45) is 0 Å². The zero-order valence-corrected chi connectivity index (χ0v) is 20.1. The summed E-state index contributed by atoms with van der Waals surface area (Å²) in [6.07, 6.45) is 0. The second-order valence-electron chi connectivity index (χ2n) is 8.00. The molecule has 3 aromatic carbocycles. The fraction of sp³-hybridized carbons (Fsp3) is 0.115. The molecule has 164 valence electrons. The van der Waals surface area contributed by atoms with Gasteiger partial charge in [-0.05, 0) is 74.4 Å². The molecule has 5 rings (SSSR count). The minimum absolute atomic E-state index is 0.233. The molecule has 0 spiro atoms. The molecule has 0 saturated heterocycles. The van der Waals surface area contributed by atoms with E-state index in [1.807, 2.05) is 30.3 Å². The smallest absolute Gasteiger partial charge is 0.275 e. The van der Waals surface area contributed by atoms with Crippen LogP contribution in [0.15, 0.2) is 66.0 Å². The molecule has 0 aliphatic carbocycles. The molecule has 0 radical (unpaired) electrons. The van der Waals surface area contributed by atoms with Gasteiger partial charge in [-0.25, -0.2) is 9.97 Å². The number of fused-ring (bicyclic) bond motifs is 1. The Morgan fingerprint density at radius 2 is 1.64 bits per heavy atom. The fourth-order valence-corrected chi connectivity index (χ4v) is 5.32. The molecule has 0 fully saturated rings. The molecule has 1 amide bonds. The van der Waals surface area contributed by atoms with Gasteiger partial charge < -0.3 is 10.6 Å². The van der Waals surface area contributed by atoms with Crippen molar-refractivity contribution in [3.63, 3.8) is 0 Å². The summed E-state index contributed by atoms with van der Waals surface area (Å²) in [5, 5.41) is 9.65. The Hall–Kier alpha value is -3.55. The van der Waals surface area contributed by atoms with Crippen molar-refractivity contribution in [2.75, 3.05) is 10.6 Å². The van der Waals surface area contributed by atoms with Gasteiger partial charge in [-0.15, -0.1) is 22.7 Å². The first-order valence-corrected chi connectivity index (χ1v) is 12.2. The lowest BCUT2D eigenvalue weighted by Gasteiger charge is -2.07. The largest absolute Gasteiger partial charge is 0.331 e. The van der Waals surface area contributed by atoms with Crippen LogP contribution in [-0.2, 0) is 0 Å². The molecular weight excluding hydrogens is 448 g/mol. The normalized spacial score (nSPS) is 11.0. The van der Waals surface area contributed by atoms with Crippen LogP contribution in [0.2, 0.25) is 0 Å². The fourth-order valence-electron chi connectivity index (χ4n) is 3.55. The molecule has 33 heavy (non-hydrogen) atoms. The molecule has 5 nitrogen and oxygen atoms in total. The highest BCUT2D eigenvalue weighted by atomic mass is 32.1. The molecule has 2 heterocycles. The average Bonchev–Trinajstić information content (AvgIpc) is 3.43. The van der Waals surface area contributed by atoms with Crippen LogP contribution in [0.3, 0.4) is 0 Å². The second kappa shape index (κ2) is 8.77. The van der Waals surface area contributed by atoms with Gasteiger partial charge in [0.25, 0.3) is 5.91 Å². The standard InChI is InChI=1S/C26H22N4OS2/c1-15-4-10-20(17(3)12-15)29-26-30-22(14-32-26)24(31)27-19-8-6-18(7-9-19)25-28-21-11-5-16(2)13-23(21)33-25/h4-14H,1-3H3,(H,27,31)(H,29,30). The minimum Gasteiger partial charge on any atom is -0.331 e. The van der Waals surface area contributed by atoms with E-state index in [4.69, 9.17) is 4.98 Å². The molecule has 2 N–H and O–H groups in total. The summed E-state index contributed by atoms with van der Waals surface area (Å²) in [6, 6.07) is 20.2. The SMILES string of the molecule is Cc1ccc(Nc2nc(C(=O)Nc3ccc(-c4nc5ccc(C)cc5s4)cc3)cs2)c(C)c1. The van der Waals surface area contributed by atoms with E-state index in [1.165, 1.54) is 27.2 Å². The van der Waals surface area contributed by atoms with E-state index in [0.29, 0.717) is 10.8 Å². The van der Waals surface area contributed by atoms with E-state index < -0.39 is 0 Å². The number of nitrogens with one attached hydrogen (secondary N) is 2. The Kier molecular flexibility index (Phi) is 5.66. The van der Waals surface area contributed by atoms with Crippen LogP contribution in [-0.4, -0.2) is 15.9 Å². The van der Waals surface area contributed by atoms with E-state index in [1.54, 1.807) is 16.7 Å². The Morgan fingerprint density at radius 1 is 0.879 bits per heavy atom. The lowest BCUT2D eigenvalue weighted by molar-refractivity contribution is 0.102. The van der Waals surface area contributed by atoms with Crippen LogP contribution in [0.5, 0.6) is 0 Å². The molecule has 2 aromatic heterocycles. The van der Waals surface area contributed by atoms with Crippen LogP contribution >= 0.6 is 22.7 Å². The third-order valence-corrected chi connectivity index (χ3v) is 7.12. The number of benzene rings is 3. The molecule has 5 aromatic rings. The van der Waals surface area contributed by atoms with Crippen molar-refractivity contribution in [1.29, 1.82) is 0 Å². The Morgan fingerprint density at radius 3 is 2.42 bits per heavy atom. The lowest BCUT2D eigenvalue weighted by Crippen LogP contribution is -2.12. The molecule has 0 bridgehead atoms. The number of thiazole rings is 2. The third-order valence-electron chi connectivity index (χ3n) is 5.29. The summed E-state index contributed by atoms with van der Waals surface area (Å²) in [5.41, 5.74) is 7.71. The van der Waals surface area contributed by atoms with Crippen molar-refractivity contribution in [1.82, 2.24) is 9.97 Å². The van der Waals surface area contributed by atoms with E-state index in [2.05, 4.69) is 66.7 Å². The summed E-state index contributed by atoms with van der Waals surface area (Å²) in [6.45, 7) is 6.20. The summed E-state index contributed by atoms with van der Waals surface area (Å²) < 4.78 is 1.18. The van der Waals surface area contributed by atoms with Gasteiger partial charge >= 0.3 is 0 Å². The molecule has 7 heteroatoms. The first kappa shape index (κ1) is 21.3. The molecule has 0 unspecified atom stereocenters. The number of nitrogens with zero attached hydrogens (tertiary/aromatic N) is 2. The van der Waals surface area contributed by atoms with Gasteiger partial charge in [0.15, 0.2) is 5.13 Å². The zero-order chi connectivity index (χ0) is 22.9. The van der Waals surface area contributed by atoms with Gasteiger partial charge in [-0.3, -0.25) is 4.79 Å². The van der Waals surface area contributed by atoms with Gasteiger partial charge in [-0.1, -0.05) is 23.8 Å². The number of amides is 1. The maximum absolute atomic E-state index is 12.7. The highest BCUT2D eigenvalue weighted by molar-refractivity contribution is 7.21. The van der Waals surface area contributed by atoms with Gasteiger partial charge in [0.05, 0.1) is 10.2 Å². The zero-order valence-electron chi connectivity index (χ0n) is 18.5. The molecule has 0 saturated carbocycles. The van der Waals surface area contributed by atoms with Crippen molar-refractivity contribution < 1.29 is 4.79 Å².